The lowest BCUT2D eigenvalue weighted by atomic mass is 9.85. The van der Waals surface area contributed by atoms with E-state index in [0.29, 0.717) is 12.8 Å². The Hall–Kier alpha value is -1.67. The molecule has 1 saturated carbocycles. The minimum atomic E-state index is -5.12. The number of allylic oxidation sites excluding steroid dienone is 4. The van der Waals surface area contributed by atoms with Crippen LogP contribution in [0.3, 0.4) is 0 Å². The Bertz CT molecular complexity index is 1120. The summed E-state index contributed by atoms with van der Waals surface area (Å²) in [6, 6.07) is 0. The van der Waals surface area contributed by atoms with Crippen LogP contribution in [0, 0.1) is 0 Å². The van der Waals surface area contributed by atoms with E-state index in [1.54, 1.807) is 0 Å². The lowest BCUT2D eigenvalue weighted by Gasteiger charge is -2.41. The molecule has 0 saturated heterocycles. The number of phosphoric ester groups is 1. The SMILES string of the molecule is CCCCCC/C=C/CCCCCCCCCC(=O)OC[C@@H](COP(=O)(O)OC1C(O)C(O)C(O)[C@H](O)C1O)OC(=O)CCCCCCC/C=C/CCCCCCC. The van der Waals surface area contributed by atoms with Crippen molar-refractivity contribution in [2.24, 2.45) is 0 Å². The summed E-state index contributed by atoms with van der Waals surface area (Å²) in [5, 5.41) is 50.1. The Balaban J connectivity index is 2.48. The highest BCUT2D eigenvalue weighted by Gasteiger charge is 2.51. The number of hydrogen-bond donors (Lipinski definition) is 6. The molecule has 0 spiro atoms. The van der Waals surface area contributed by atoms with Gasteiger partial charge in [0.05, 0.1) is 6.61 Å². The molecule has 6 unspecified atom stereocenters. The Morgan fingerprint density at radius 2 is 0.879 bits per heavy atom. The average Bonchev–Trinajstić information content (AvgIpc) is 3.20. The van der Waals surface area contributed by atoms with Gasteiger partial charge in [-0.25, -0.2) is 4.57 Å². The number of unbranched alkanes of at least 4 members (excludes halogenated alkanes) is 21. The first-order chi connectivity index (χ1) is 27.9. The van der Waals surface area contributed by atoms with Gasteiger partial charge in [-0.3, -0.25) is 18.6 Å². The van der Waals surface area contributed by atoms with Gasteiger partial charge >= 0.3 is 19.8 Å². The molecule has 0 aromatic carbocycles. The third-order valence-electron chi connectivity index (χ3n) is 10.5. The highest BCUT2D eigenvalue weighted by molar-refractivity contribution is 7.47. The van der Waals surface area contributed by atoms with E-state index in [1.807, 2.05) is 0 Å². The number of hydrogen-bond acceptors (Lipinski definition) is 12. The monoisotopic (exact) mass is 849 g/mol. The van der Waals surface area contributed by atoms with Gasteiger partial charge < -0.3 is 39.9 Å². The number of aliphatic hydroxyl groups excluding tert-OH is 5. The zero-order valence-corrected chi connectivity index (χ0v) is 36.7. The van der Waals surface area contributed by atoms with Crippen molar-refractivity contribution >= 4 is 19.8 Å². The molecule has 1 fully saturated rings. The molecule has 0 bridgehead atoms. The van der Waals surface area contributed by atoms with Gasteiger partial charge in [-0.15, -0.1) is 0 Å². The van der Waals surface area contributed by atoms with E-state index >= 15 is 0 Å². The van der Waals surface area contributed by atoms with Crippen LogP contribution < -0.4 is 0 Å². The normalized spacial score (nSPS) is 22.7. The van der Waals surface area contributed by atoms with Crippen LogP contribution in [0.4, 0.5) is 0 Å². The van der Waals surface area contributed by atoms with Gasteiger partial charge in [-0.1, -0.05) is 134 Å². The zero-order valence-electron chi connectivity index (χ0n) is 35.8. The van der Waals surface area contributed by atoms with E-state index in [2.05, 4.69) is 38.2 Å². The number of aliphatic hydroxyl groups is 5. The van der Waals surface area contributed by atoms with Crippen LogP contribution in [-0.2, 0) is 32.7 Å². The Labute approximate surface area is 349 Å². The zero-order chi connectivity index (χ0) is 42.9. The fraction of sp³-hybridized carbons (Fsp3) is 0.864. The van der Waals surface area contributed by atoms with Gasteiger partial charge in [-0.05, 0) is 64.2 Å². The minimum absolute atomic E-state index is 0.0874. The Morgan fingerprint density at radius 3 is 1.33 bits per heavy atom. The van der Waals surface area contributed by atoms with Crippen molar-refractivity contribution in [1.82, 2.24) is 0 Å². The Morgan fingerprint density at radius 1 is 0.517 bits per heavy atom. The molecule has 0 aromatic rings. The predicted octanol–water partition coefficient (Wildman–Crippen LogP) is 8.45. The number of esters is 2. The van der Waals surface area contributed by atoms with Crippen molar-refractivity contribution in [3.8, 4) is 0 Å². The summed E-state index contributed by atoms with van der Waals surface area (Å²) in [4.78, 5) is 35.6. The summed E-state index contributed by atoms with van der Waals surface area (Å²) in [7, 11) is -5.12. The first-order valence-corrected chi connectivity index (χ1v) is 24.1. The van der Waals surface area contributed by atoms with Crippen LogP contribution in [0.25, 0.3) is 0 Å². The van der Waals surface area contributed by atoms with Crippen LogP contribution in [0.1, 0.15) is 187 Å². The van der Waals surface area contributed by atoms with Crippen LogP contribution in [0.5, 0.6) is 0 Å². The standard InChI is InChI=1S/C44H81O13P/c1-3-5-7-9-11-13-15-17-19-21-22-24-26-28-30-32-37(45)54-34-36(35-55-58(52,53)57-44-42(50)40(48)39(47)41(49)43(44)51)56-38(46)33-31-29-27-25-23-20-18-16-14-12-10-8-6-4-2/h13,15-16,18,36,39-44,47-51H,3-12,14,17,19-35H2,1-2H3,(H,52,53)/b15-13+,18-16+/t36-,39?,40-,41?,42?,43?,44?/m0/s1. The minimum Gasteiger partial charge on any atom is -0.462 e. The average molecular weight is 849 g/mol. The van der Waals surface area contributed by atoms with Gasteiger partial charge in [0.25, 0.3) is 0 Å². The van der Waals surface area contributed by atoms with E-state index in [0.717, 1.165) is 70.6 Å². The first-order valence-electron chi connectivity index (χ1n) is 22.6. The number of ether oxygens (including phenoxy) is 2. The maximum atomic E-state index is 12.8. The fourth-order valence-corrected chi connectivity index (χ4v) is 7.78. The van der Waals surface area contributed by atoms with E-state index in [4.69, 9.17) is 18.5 Å². The molecule has 6 N–H and O–H groups in total. The summed E-state index contributed by atoms with van der Waals surface area (Å²) in [6.07, 6.45) is 23.7. The second-order valence-corrected chi connectivity index (χ2v) is 17.3. The largest absolute Gasteiger partial charge is 0.472 e. The molecule has 1 aliphatic carbocycles. The predicted molar refractivity (Wildman–Crippen MR) is 226 cm³/mol. The fourth-order valence-electron chi connectivity index (χ4n) is 6.81. The topological polar surface area (TPSA) is 210 Å². The molecule has 1 aliphatic rings. The summed E-state index contributed by atoms with van der Waals surface area (Å²) in [6.45, 7) is 3.26. The third kappa shape index (κ3) is 27.2. The van der Waals surface area contributed by atoms with E-state index in [9.17, 15) is 44.6 Å². The van der Waals surface area contributed by atoms with E-state index in [1.165, 1.54) is 77.0 Å². The number of rotatable bonds is 37. The van der Waals surface area contributed by atoms with Crippen molar-refractivity contribution in [1.29, 1.82) is 0 Å². The second-order valence-electron chi connectivity index (χ2n) is 15.9. The molecular weight excluding hydrogens is 767 g/mol. The van der Waals surface area contributed by atoms with Gasteiger partial charge in [0.15, 0.2) is 6.10 Å². The van der Waals surface area contributed by atoms with E-state index in [-0.39, 0.29) is 12.8 Å². The number of carbonyl (C=O) groups excluding carboxylic acids is 2. The molecule has 0 aromatic heterocycles. The van der Waals surface area contributed by atoms with Crippen molar-refractivity contribution < 1.29 is 63.1 Å². The molecule has 1 rings (SSSR count). The maximum absolute atomic E-state index is 12.8. The second kappa shape index (κ2) is 35.0. The molecule has 0 radical (unpaired) electrons. The maximum Gasteiger partial charge on any atom is 0.472 e. The van der Waals surface area contributed by atoms with Crippen LogP contribution in [0.2, 0.25) is 0 Å². The highest BCUT2D eigenvalue weighted by atomic mass is 31.2. The molecule has 0 heterocycles. The van der Waals surface area contributed by atoms with Crippen molar-refractivity contribution in [3.63, 3.8) is 0 Å². The van der Waals surface area contributed by atoms with Crippen LogP contribution in [-0.4, -0.2) is 98.3 Å². The molecule has 8 atom stereocenters. The van der Waals surface area contributed by atoms with Gasteiger partial charge in [0.1, 0.15) is 43.2 Å². The first kappa shape index (κ1) is 54.3. The summed E-state index contributed by atoms with van der Waals surface area (Å²) >= 11 is 0. The number of carbonyl (C=O) groups is 2. The van der Waals surface area contributed by atoms with Crippen molar-refractivity contribution in [2.75, 3.05) is 13.2 Å². The van der Waals surface area contributed by atoms with Crippen molar-refractivity contribution in [2.45, 2.75) is 230 Å². The molecule has 13 nitrogen and oxygen atoms in total. The quantitative estimate of drug-likeness (QED) is 0.0150. The van der Waals surface area contributed by atoms with Crippen LogP contribution >= 0.6 is 7.82 Å². The molecule has 0 aliphatic heterocycles. The Kier molecular flexibility index (Phi) is 32.8. The summed E-state index contributed by atoms with van der Waals surface area (Å²) < 4.78 is 33.5. The third-order valence-corrected chi connectivity index (χ3v) is 11.5. The van der Waals surface area contributed by atoms with E-state index < -0.39 is 75.7 Å². The molecule has 14 heteroatoms. The number of phosphoric acid groups is 1. The molecular formula is C44H81O13P. The summed E-state index contributed by atoms with van der Waals surface area (Å²) in [5.41, 5.74) is 0. The lowest BCUT2D eigenvalue weighted by Crippen LogP contribution is -2.64. The van der Waals surface area contributed by atoms with Crippen molar-refractivity contribution in [3.05, 3.63) is 24.3 Å². The van der Waals surface area contributed by atoms with Gasteiger partial charge in [0.2, 0.25) is 0 Å². The smallest absolute Gasteiger partial charge is 0.462 e. The molecule has 340 valence electrons. The lowest BCUT2D eigenvalue weighted by molar-refractivity contribution is -0.220. The van der Waals surface area contributed by atoms with Crippen LogP contribution in [0.15, 0.2) is 24.3 Å². The highest BCUT2D eigenvalue weighted by Crippen LogP contribution is 2.47. The van der Waals surface area contributed by atoms with Gasteiger partial charge in [-0.2, -0.15) is 0 Å². The molecule has 0 amide bonds. The van der Waals surface area contributed by atoms with Gasteiger partial charge in [0, 0.05) is 12.8 Å². The summed E-state index contributed by atoms with van der Waals surface area (Å²) in [5.74, 6) is -1.11. The molecule has 58 heavy (non-hydrogen) atoms.